The van der Waals surface area contributed by atoms with Crippen molar-refractivity contribution >= 4 is 39.1 Å². The number of carbonyl (C=O) groups is 2. The van der Waals surface area contributed by atoms with Crippen LogP contribution in [0.15, 0.2) is 42.5 Å². The zero-order valence-corrected chi connectivity index (χ0v) is 25.2. The molecule has 7 nitrogen and oxygen atoms in total. The third-order valence-electron chi connectivity index (χ3n) is 7.25. The van der Waals surface area contributed by atoms with Crippen molar-refractivity contribution in [3.05, 3.63) is 64.2 Å². The van der Waals surface area contributed by atoms with Gasteiger partial charge in [-0.3, -0.25) is 13.9 Å². The van der Waals surface area contributed by atoms with Crippen LogP contribution in [0.25, 0.3) is 0 Å². The number of sulfonamides is 1. The number of aryl methyl sites for hydroxylation is 2. The summed E-state index contributed by atoms with van der Waals surface area (Å²) in [5, 5.41) is 3.79. The van der Waals surface area contributed by atoms with Crippen LogP contribution in [-0.2, 0) is 26.2 Å². The lowest BCUT2D eigenvalue weighted by molar-refractivity contribution is -0.141. The molecule has 0 heterocycles. The Morgan fingerprint density at radius 1 is 1.03 bits per heavy atom. The highest BCUT2D eigenvalue weighted by Gasteiger charge is 2.30. The van der Waals surface area contributed by atoms with Crippen LogP contribution in [0.1, 0.15) is 75.0 Å². The molecule has 1 fully saturated rings. The number of benzene rings is 2. The molecular formula is C30H42ClN3O4S. The maximum Gasteiger partial charge on any atom is 0.243 e. The molecule has 39 heavy (non-hydrogen) atoms. The molecule has 0 saturated heterocycles. The quantitative estimate of drug-likeness (QED) is 0.349. The molecule has 0 radical (unpaired) electrons. The molecule has 0 spiro atoms. The van der Waals surface area contributed by atoms with Gasteiger partial charge in [-0.2, -0.15) is 0 Å². The zero-order chi connectivity index (χ0) is 28.6. The Bertz CT molecular complexity index is 1210. The van der Waals surface area contributed by atoms with Crippen molar-refractivity contribution < 1.29 is 18.0 Å². The molecule has 1 atom stereocenters. The Balaban J connectivity index is 1.76. The molecule has 0 unspecified atom stereocenters. The molecule has 0 bridgehead atoms. The molecule has 1 aliphatic rings. The minimum Gasteiger partial charge on any atom is -0.352 e. The van der Waals surface area contributed by atoms with Crippen LogP contribution in [0.4, 0.5) is 5.69 Å². The molecule has 214 valence electrons. The first-order chi connectivity index (χ1) is 18.5. The average molecular weight is 576 g/mol. The predicted molar refractivity (Wildman–Crippen MR) is 158 cm³/mol. The third kappa shape index (κ3) is 9.24. The highest BCUT2D eigenvalue weighted by molar-refractivity contribution is 7.92. The molecule has 3 rings (SSSR count). The van der Waals surface area contributed by atoms with Crippen molar-refractivity contribution in [2.45, 2.75) is 90.8 Å². The first kappa shape index (κ1) is 31.0. The third-order valence-corrected chi connectivity index (χ3v) is 8.70. The van der Waals surface area contributed by atoms with E-state index in [4.69, 9.17) is 11.6 Å². The largest absolute Gasteiger partial charge is 0.352 e. The molecule has 1 saturated carbocycles. The summed E-state index contributed by atoms with van der Waals surface area (Å²) in [5.41, 5.74) is 3.42. The van der Waals surface area contributed by atoms with Crippen molar-refractivity contribution in [2.24, 2.45) is 0 Å². The van der Waals surface area contributed by atoms with E-state index in [2.05, 4.69) is 5.32 Å². The van der Waals surface area contributed by atoms with Crippen molar-refractivity contribution in [2.75, 3.05) is 17.1 Å². The fourth-order valence-corrected chi connectivity index (χ4v) is 6.42. The van der Waals surface area contributed by atoms with E-state index in [0.29, 0.717) is 23.6 Å². The van der Waals surface area contributed by atoms with Crippen molar-refractivity contribution in [1.29, 1.82) is 0 Å². The van der Waals surface area contributed by atoms with E-state index in [9.17, 15) is 18.0 Å². The molecule has 2 amide bonds. The van der Waals surface area contributed by atoms with E-state index in [1.54, 1.807) is 17.0 Å². The van der Waals surface area contributed by atoms with E-state index < -0.39 is 16.1 Å². The van der Waals surface area contributed by atoms with E-state index in [1.165, 1.54) is 17.0 Å². The lowest BCUT2D eigenvalue weighted by atomic mass is 9.95. The normalized spacial score (nSPS) is 15.0. The van der Waals surface area contributed by atoms with E-state index >= 15 is 0 Å². The molecule has 2 aromatic carbocycles. The summed E-state index contributed by atoms with van der Waals surface area (Å²) in [5.74, 6) is -0.302. The number of rotatable bonds is 12. The van der Waals surface area contributed by atoms with Crippen LogP contribution in [0, 0.1) is 13.8 Å². The number of halogens is 1. The van der Waals surface area contributed by atoms with Gasteiger partial charge in [0.2, 0.25) is 21.8 Å². The van der Waals surface area contributed by atoms with E-state index in [1.807, 2.05) is 51.1 Å². The minimum atomic E-state index is -3.54. The topological polar surface area (TPSA) is 86.8 Å². The van der Waals surface area contributed by atoms with Crippen LogP contribution in [0.5, 0.6) is 0 Å². The second-order valence-electron chi connectivity index (χ2n) is 10.7. The van der Waals surface area contributed by atoms with Crippen molar-refractivity contribution in [1.82, 2.24) is 10.2 Å². The zero-order valence-electron chi connectivity index (χ0n) is 23.6. The predicted octanol–water partition coefficient (Wildman–Crippen LogP) is 5.76. The average Bonchev–Trinajstić information content (AvgIpc) is 2.86. The van der Waals surface area contributed by atoms with Gasteiger partial charge >= 0.3 is 0 Å². The van der Waals surface area contributed by atoms with Crippen LogP contribution in [-0.4, -0.2) is 50.0 Å². The van der Waals surface area contributed by atoms with Crippen LogP contribution >= 0.6 is 11.6 Å². The fourth-order valence-electron chi connectivity index (χ4n) is 5.35. The molecule has 2 aromatic rings. The Hall–Kier alpha value is -2.58. The number of hydrogen-bond donors (Lipinski definition) is 1. The van der Waals surface area contributed by atoms with Crippen LogP contribution < -0.4 is 9.62 Å². The fraction of sp³-hybridized carbons (Fsp3) is 0.533. The van der Waals surface area contributed by atoms with Gasteiger partial charge in [0.25, 0.3) is 0 Å². The van der Waals surface area contributed by atoms with Gasteiger partial charge in [0.05, 0.1) is 11.9 Å². The van der Waals surface area contributed by atoms with Gasteiger partial charge in [-0.15, -0.1) is 0 Å². The molecule has 9 heteroatoms. The summed E-state index contributed by atoms with van der Waals surface area (Å²) in [6.07, 6.45) is 7.45. The number of carbonyl (C=O) groups excluding carboxylic acids is 2. The number of hydrogen-bond acceptors (Lipinski definition) is 4. The second-order valence-corrected chi connectivity index (χ2v) is 13.0. The van der Waals surface area contributed by atoms with Crippen LogP contribution in [0.2, 0.25) is 5.02 Å². The number of nitrogens with zero attached hydrogens (tertiary/aromatic N) is 2. The van der Waals surface area contributed by atoms with E-state index in [0.717, 1.165) is 42.4 Å². The Labute approximate surface area is 239 Å². The Kier molecular flexibility index (Phi) is 11.2. The SMILES string of the molecule is CC[C@H](C(=O)NC1CCCCC1)N(Cc1ccc(Cl)cc1)C(=O)CCCN(c1cc(C)cc(C)c1)S(C)(=O)=O. The lowest BCUT2D eigenvalue weighted by Crippen LogP contribution is -2.51. The van der Waals surface area contributed by atoms with Gasteiger partial charge < -0.3 is 10.2 Å². The summed E-state index contributed by atoms with van der Waals surface area (Å²) < 4.78 is 26.6. The standard InChI is InChI=1S/C30H42ClN3O4S/c1-5-28(30(36)32-26-10-7-6-8-11-26)33(21-24-13-15-25(31)16-14-24)29(35)12-9-17-34(39(4,37)38)27-19-22(2)18-23(3)20-27/h13-16,18-20,26,28H,5-12,17,21H2,1-4H3,(H,32,36)/t28-/m1/s1. The first-order valence-electron chi connectivity index (χ1n) is 13.9. The summed E-state index contributed by atoms with van der Waals surface area (Å²) in [7, 11) is -3.54. The Morgan fingerprint density at radius 2 is 1.64 bits per heavy atom. The number of nitrogens with one attached hydrogen (secondary N) is 1. The first-order valence-corrected chi connectivity index (χ1v) is 16.1. The van der Waals surface area contributed by atoms with E-state index in [-0.39, 0.29) is 37.4 Å². The molecular weight excluding hydrogens is 534 g/mol. The Morgan fingerprint density at radius 3 is 2.21 bits per heavy atom. The van der Waals surface area contributed by atoms with Gasteiger partial charge in [0.15, 0.2) is 0 Å². The lowest BCUT2D eigenvalue weighted by Gasteiger charge is -2.33. The van der Waals surface area contributed by atoms with Crippen molar-refractivity contribution in [3.8, 4) is 0 Å². The summed E-state index contributed by atoms with van der Waals surface area (Å²) >= 11 is 6.07. The van der Waals surface area contributed by atoms with Crippen LogP contribution in [0.3, 0.4) is 0 Å². The van der Waals surface area contributed by atoms with Gasteiger partial charge in [0, 0.05) is 30.6 Å². The van der Waals surface area contributed by atoms with Gasteiger partial charge in [-0.1, -0.05) is 56.0 Å². The maximum atomic E-state index is 13.6. The second kappa shape index (κ2) is 14.2. The number of anilines is 1. The highest BCUT2D eigenvalue weighted by Crippen LogP contribution is 2.23. The van der Waals surface area contributed by atoms with Gasteiger partial charge in [-0.05, 0) is 80.5 Å². The smallest absolute Gasteiger partial charge is 0.243 e. The highest BCUT2D eigenvalue weighted by atomic mass is 35.5. The summed E-state index contributed by atoms with van der Waals surface area (Å²) in [6.45, 7) is 6.22. The summed E-state index contributed by atoms with van der Waals surface area (Å²) in [4.78, 5) is 28.7. The monoisotopic (exact) mass is 575 g/mol. The van der Waals surface area contributed by atoms with Gasteiger partial charge in [-0.25, -0.2) is 8.42 Å². The minimum absolute atomic E-state index is 0.123. The molecule has 1 N–H and O–H groups in total. The maximum absolute atomic E-state index is 13.6. The summed E-state index contributed by atoms with van der Waals surface area (Å²) in [6, 6.07) is 12.5. The van der Waals surface area contributed by atoms with Crippen molar-refractivity contribution in [3.63, 3.8) is 0 Å². The number of amides is 2. The molecule has 0 aliphatic heterocycles. The van der Waals surface area contributed by atoms with Gasteiger partial charge in [0.1, 0.15) is 6.04 Å². The molecule has 0 aromatic heterocycles. The molecule has 1 aliphatic carbocycles.